The van der Waals surface area contributed by atoms with Gasteiger partial charge in [0, 0.05) is 18.6 Å². The number of methoxy groups -OCH3 is 1. The Morgan fingerprint density at radius 1 is 1.10 bits per heavy atom. The first-order valence-electron chi connectivity index (χ1n) is 9.84. The molecule has 0 aliphatic rings. The van der Waals surface area contributed by atoms with Crippen molar-refractivity contribution in [1.29, 1.82) is 0 Å². The molecule has 0 saturated heterocycles. The van der Waals surface area contributed by atoms with Crippen molar-refractivity contribution in [3.05, 3.63) is 58.1 Å². The smallest absolute Gasteiger partial charge is 0.261 e. The number of hydrogen-bond acceptors (Lipinski definition) is 4. The number of nitrogens with zero attached hydrogens (tertiary/aromatic N) is 1. The maximum Gasteiger partial charge on any atom is 0.261 e. The van der Waals surface area contributed by atoms with Gasteiger partial charge in [-0.25, -0.2) is 0 Å². The average molecular weight is 433 g/mol. The van der Waals surface area contributed by atoms with Gasteiger partial charge in [0.1, 0.15) is 17.5 Å². The molecule has 0 bridgehead atoms. The summed E-state index contributed by atoms with van der Waals surface area (Å²) in [5, 5.41) is 3.32. The predicted octanol–water partition coefficient (Wildman–Crippen LogP) is 3.90. The maximum atomic E-state index is 13.1. The summed E-state index contributed by atoms with van der Waals surface area (Å²) in [6, 6.07) is 10.4. The molecule has 0 aliphatic heterocycles. The van der Waals surface area contributed by atoms with E-state index in [4.69, 9.17) is 21.1 Å². The largest absolute Gasteiger partial charge is 0.497 e. The van der Waals surface area contributed by atoms with Crippen LogP contribution < -0.4 is 14.8 Å². The summed E-state index contributed by atoms with van der Waals surface area (Å²) in [4.78, 5) is 27.0. The first kappa shape index (κ1) is 23.5. The zero-order valence-electron chi connectivity index (χ0n) is 18.1. The molecule has 2 aromatic carbocycles. The van der Waals surface area contributed by atoms with Gasteiger partial charge < -0.3 is 19.7 Å². The van der Waals surface area contributed by atoms with Gasteiger partial charge in [0.15, 0.2) is 6.61 Å². The number of rotatable bonds is 9. The molecule has 0 aliphatic carbocycles. The zero-order valence-corrected chi connectivity index (χ0v) is 18.9. The quantitative estimate of drug-likeness (QED) is 0.652. The number of hydrogen-bond donors (Lipinski definition) is 1. The Bertz CT molecular complexity index is 860. The first-order chi connectivity index (χ1) is 14.3. The van der Waals surface area contributed by atoms with Gasteiger partial charge in [-0.1, -0.05) is 30.7 Å². The lowest BCUT2D eigenvalue weighted by atomic mass is 10.1. The van der Waals surface area contributed by atoms with Gasteiger partial charge in [0.2, 0.25) is 5.91 Å². The van der Waals surface area contributed by atoms with Crippen molar-refractivity contribution in [3.63, 3.8) is 0 Å². The minimum Gasteiger partial charge on any atom is -0.497 e. The average Bonchev–Trinajstić information content (AvgIpc) is 2.75. The molecule has 0 fully saturated rings. The Morgan fingerprint density at radius 2 is 1.70 bits per heavy atom. The predicted molar refractivity (Wildman–Crippen MR) is 118 cm³/mol. The number of benzene rings is 2. The Hall–Kier alpha value is -2.73. The van der Waals surface area contributed by atoms with Crippen LogP contribution in [0.4, 0.5) is 0 Å². The highest BCUT2D eigenvalue weighted by Gasteiger charge is 2.28. The SMILES string of the molecule is CC[C@H](C(=O)NC)N(Cc1ccc(OC)cc1)C(=O)COc1cc(C)c(Cl)c(C)c1. The highest BCUT2D eigenvalue weighted by atomic mass is 35.5. The fourth-order valence-electron chi connectivity index (χ4n) is 3.23. The van der Waals surface area contributed by atoms with E-state index in [0.717, 1.165) is 22.4 Å². The number of ether oxygens (including phenoxy) is 2. The van der Waals surface area contributed by atoms with E-state index in [-0.39, 0.29) is 25.0 Å². The number of nitrogens with one attached hydrogen (secondary N) is 1. The molecule has 2 aromatic rings. The van der Waals surface area contributed by atoms with Crippen LogP contribution in [-0.2, 0) is 16.1 Å². The van der Waals surface area contributed by atoms with Gasteiger partial charge in [0.25, 0.3) is 5.91 Å². The van der Waals surface area contributed by atoms with E-state index in [1.807, 2.05) is 45.0 Å². The topological polar surface area (TPSA) is 67.9 Å². The third kappa shape index (κ3) is 5.89. The monoisotopic (exact) mass is 432 g/mol. The molecule has 0 aromatic heterocycles. The van der Waals surface area contributed by atoms with Gasteiger partial charge in [0.05, 0.1) is 7.11 Å². The van der Waals surface area contributed by atoms with Crippen LogP contribution in [0.3, 0.4) is 0 Å². The van der Waals surface area contributed by atoms with Crippen LogP contribution >= 0.6 is 11.6 Å². The molecule has 0 saturated carbocycles. The second kappa shape index (κ2) is 10.9. The number of likely N-dealkylation sites (N-methyl/N-ethyl adjacent to an activating group) is 1. The van der Waals surface area contributed by atoms with E-state index in [2.05, 4.69) is 5.32 Å². The summed E-state index contributed by atoms with van der Waals surface area (Å²) in [7, 11) is 3.16. The van der Waals surface area contributed by atoms with Crippen LogP contribution in [-0.4, -0.2) is 43.5 Å². The van der Waals surface area contributed by atoms with Crippen LogP contribution in [0, 0.1) is 13.8 Å². The molecule has 1 atom stereocenters. The Balaban J connectivity index is 2.21. The van der Waals surface area contributed by atoms with E-state index in [0.29, 0.717) is 17.2 Å². The summed E-state index contributed by atoms with van der Waals surface area (Å²) in [6.07, 6.45) is 0.487. The normalized spacial score (nSPS) is 11.5. The summed E-state index contributed by atoms with van der Waals surface area (Å²) < 4.78 is 10.9. The highest BCUT2D eigenvalue weighted by molar-refractivity contribution is 6.32. The van der Waals surface area contributed by atoms with E-state index in [1.54, 1.807) is 31.2 Å². The van der Waals surface area contributed by atoms with Crippen molar-refractivity contribution in [2.24, 2.45) is 0 Å². The van der Waals surface area contributed by atoms with Crippen molar-refractivity contribution < 1.29 is 19.1 Å². The van der Waals surface area contributed by atoms with Crippen LogP contribution in [0.5, 0.6) is 11.5 Å². The molecule has 2 amide bonds. The minimum absolute atomic E-state index is 0.176. The molecule has 7 heteroatoms. The Kier molecular flexibility index (Phi) is 8.54. The molecule has 0 heterocycles. The summed E-state index contributed by atoms with van der Waals surface area (Å²) >= 11 is 6.20. The Morgan fingerprint density at radius 3 is 2.20 bits per heavy atom. The third-order valence-corrected chi connectivity index (χ3v) is 5.51. The zero-order chi connectivity index (χ0) is 22.3. The van der Waals surface area contributed by atoms with Crippen molar-refractivity contribution in [2.75, 3.05) is 20.8 Å². The van der Waals surface area contributed by atoms with Gasteiger partial charge >= 0.3 is 0 Å². The van der Waals surface area contributed by atoms with Crippen LogP contribution in [0.25, 0.3) is 0 Å². The fraction of sp³-hybridized carbons (Fsp3) is 0.391. The van der Waals surface area contributed by atoms with Crippen molar-refractivity contribution in [1.82, 2.24) is 10.2 Å². The lowest BCUT2D eigenvalue weighted by molar-refractivity contribution is -0.142. The first-order valence-corrected chi connectivity index (χ1v) is 10.2. The van der Waals surface area contributed by atoms with Crippen molar-refractivity contribution in [2.45, 2.75) is 39.8 Å². The summed E-state index contributed by atoms with van der Waals surface area (Å²) in [5.74, 6) is 0.816. The lowest BCUT2D eigenvalue weighted by Crippen LogP contribution is -2.49. The number of halogens is 1. The van der Waals surface area contributed by atoms with Gasteiger partial charge in [-0.3, -0.25) is 9.59 Å². The molecule has 0 unspecified atom stereocenters. The number of aryl methyl sites for hydroxylation is 2. The third-order valence-electron chi connectivity index (χ3n) is 4.92. The maximum absolute atomic E-state index is 13.1. The highest BCUT2D eigenvalue weighted by Crippen LogP contribution is 2.26. The van der Waals surface area contributed by atoms with Crippen LogP contribution in [0.2, 0.25) is 5.02 Å². The van der Waals surface area contributed by atoms with Gasteiger partial charge in [-0.2, -0.15) is 0 Å². The minimum atomic E-state index is -0.595. The van der Waals surface area contributed by atoms with Gasteiger partial charge in [-0.05, 0) is 61.2 Å². The molecule has 6 nitrogen and oxygen atoms in total. The molecule has 30 heavy (non-hydrogen) atoms. The lowest BCUT2D eigenvalue weighted by Gasteiger charge is -2.30. The standard InChI is InChI=1S/C23H29ClN2O4/c1-6-20(23(28)25-4)26(13-17-7-9-18(29-5)10-8-17)21(27)14-30-19-11-15(2)22(24)16(3)12-19/h7-12,20H,6,13-14H2,1-5H3,(H,25,28)/t20-/m1/s1. The van der Waals surface area contributed by atoms with E-state index < -0.39 is 6.04 Å². The second-order valence-corrected chi connectivity index (χ2v) is 7.45. The molecule has 1 N–H and O–H groups in total. The summed E-state index contributed by atoms with van der Waals surface area (Å²) in [5.41, 5.74) is 2.65. The van der Waals surface area contributed by atoms with Crippen molar-refractivity contribution in [3.8, 4) is 11.5 Å². The van der Waals surface area contributed by atoms with E-state index in [9.17, 15) is 9.59 Å². The van der Waals surface area contributed by atoms with Gasteiger partial charge in [-0.15, -0.1) is 0 Å². The van der Waals surface area contributed by atoms with Crippen LogP contribution in [0.1, 0.15) is 30.0 Å². The number of amides is 2. The molecule has 162 valence electrons. The molecule has 0 spiro atoms. The Labute approximate surface area is 183 Å². The van der Waals surface area contributed by atoms with Crippen molar-refractivity contribution >= 4 is 23.4 Å². The number of carbonyl (C=O) groups is 2. The number of carbonyl (C=O) groups excluding carboxylic acids is 2. The van der Waals surface area contributed by atoms with Crippen LogP contribution in [0.15, 0.2) is 36.4 Å². The molecule has 2 rings (SSSR count). The summed E-state index contributed by atoms with van der Waals surface area (Å²) in [6.45, 7) is 5.76. The second-order valence-electron chi connectivity index (χ2n) is 7.07. The fourth-order valence-corrected chi connectivity index (χ4v) is 3.34. The van der Waals surface area contributed by atoms with E-state index in [1.165, 1.54) is 0 Å². The molecule has 0 radical (unpaired) electrons. The molecular formula is C23H29ClN2O4. The molecular weight excluding hydrogens is 404 g/mol. The van der Waals surface area contributed by atoms with E-state index >= 15 is 0 Å².